The minimum atomic E-state index is -0.457. The highest BCUT2D eigenvalue weighted by atomic mass is 16.2. The molecule has 0 atom stereocenters. The van der Waals surface area contributed by atoms with Gasteiger partial charge in [-0.05, 0) is 41.5 Å². The van der Waals surface area contributed by atoms with Crippen LogP contribution in [0, 0.1) is 27.7 Å². The van der Waals surface area contributed by atoms with E-state index in [1.165, 1.54) is 0 Å². The molecule has 0 aliphatic carbocycles. The van der Waals surface area contributed by atoms with Crippen molar-refractivity contribution in [1.82, 2.24) is 25.1 Å². The maximum Gasteiger partial charge on any atom is 0.274 e. The Kier molecular flexibility index (Phi) is 11.9. The molecule has 1 aromatic rings. The predicted octanol–water partition coefficient (Wildman–Crippen LogP) is 1.05. The summed E-state index contributed by atoms with van der Waals surface area (Å²) in [7, 11) is 0. The molecule has 9 nitrogen and oxygen atoms in total. The zero-order chi connectivity index (χ0) is 22.5. The van der Waals surface area contributed by atoms with Crippen LogP contribution < -0.4 is 16.0 Å². The third kappa shape index (κ3) is 7.53. The summed E-state index contributed by atoms with van der Waals surface area (Å²) in [6.45, 7) is 28.5. The zero-order valence-corrected chi connectivity index (χ0v) is 17.8. The molecule has 0 spiro atoms. The van der Waals surface area contributed by atoms with Crippen LogP contribution >= 0.6 is 0 Å². The predicted molar refractivity (Wildman–Crippen MR) is 117 cm³/mol. The highest BCUT2D eigenvalue weighted by Crippen LogP contribution is 2.20. The minimum absolute atomic E-state index is 0.0730. The smallest absolute Gasteiger partial charge is 0.274 e. The molecule has 162 valence electrons. The molecule has 0 saturated carbocycles. The van der Waals surface area contributed by atoms with Crippen LogP contribution in [0.25, 0.3) is 0 Å². The topological polar surface area (TPSA) is 102 Å². The van der Waals surface area contributed by atoms with E-state index in [1.807, 2.05) is 13.8 Å². The number of Topliss-reactive ketones (excluding diaryl/α,β-unsaturated/α-hetero) is 1. The lowest BCUT2D eigenvalue weighted by molar-refractivity contribution is 0.0920. The van der Waals surface area contributed by atoms with Crippen molar-refractivity contribution < 1.29 is 9.59 Å². The molecule has 8 radical (unpaired) electrons. The number of carbonyl (C=O) groups excluding carboxylic acids is 2. The van der Waals surface area contributed by atoms with Crippen LogP contribution in [0.1, 0.15) is 41.2 Å². The van der Waals surface area contributed by atoms with Gasteiger partial charge in [0, 0.05) is 52.2 Å². The third-order valence-corrected chi connectivity index (χ3v) is 4.21. The van der Waals surface area contributed by atoms with Crippen LogP contribution in [0.2, 0.25) is 0 Å². The van der Waals surface area contributed by atoms with E-state index in [2.05, 4.69) is 25.9 Å². The lowest BCUT2D eigenvalue weighted by Crippen LogP contribution is -2.38. The first-order chi connectivity index (χ1) is 14.4. The molecule has 1 aromatic heterocycles. The number of nitrogens with zero attached hydrogens (tertiary/aromatic N) is 4. The normalized spacial score (nSPS) is 11.1. The van der Waals surface area contributed by atoms with Gasteiger partial charge in [-0.25, -0.2) is 9.97 Å². The van der Waals surface area contributed by atoms with Crippen molar-refractivity contribution in [2.45, 2.75) is 20.3 Å². The van der Waals surface area contributed by atoms with Crippen LogP contribution in [0.4, 0.5) is 11.6 Å². The Hall–Kier alpha value is -2.26. The summed E-state index contributed by atoms with van der Waals surface area (Å²) in [5.41, 5.74) is 0.229. The second kappa shape index (κ2) is 13.9. The highest BCUT2D eigenvalue weighted by Gasteiger charge is 2.23. The van der Waals surface area contributed by atoms with Crippen molar-refractivity contribution >= 4 is 23.3 Å². The monoisotopic (exact) mass is 413 g/mol. The average molecular weight is 414 g/mol. The Morgan fingerprint density at radius 2 is 1.33 bits per heavy atom. The number of anilines is 2. The Morgan fingerprint density at radius 3 is 1.83 bits per heavy atom. The van der Waals surface area contributed by atoms with Gasteiger partial charge in [-0.15, -0.1) is 0 Å². The van der Waals surface area contributed by atoms with Crippen molar-refractivity contribution in [3.63, 3.8) is 0 Å². The van der Waals surface area contributed by atoms with Crippen molar-refractivity contribution in [3.05, 3.63) is 39.1 Å². The Morgan fingerprint density at radius 1 is 0.833 bits per heavy atom. The van der Waals surface area contributed by atoms with Gasteiger partial charge in [0.05, 0.1) is 6.67 Å². The molecular formula is C21H31N7O2. The average Bonchev–Trinajstić information content (AvgIpc) is 2.75. The Balaban J connectivity index is 3.17. The number of rotatable bonds is 15. The van der Waals surface area contributed by atoms with E-state index in [4.69, 9.17) is 27.7 Å². The highest BCUT2D eigenvalue weighted by molar-refractivity contribution is 6.02. The van der Waals surface area contributed by atoms with E-state index >= 15 is 0 Å². The molecule has 9 heteroatoms. The number of hydrogen-bond acceptors (Lipinski definition) is 8. The number of hydrogen-bond donors (Lipinski definition) is 3. The molecule has 30 heavy (non-hydrogen) atoms. The van der Waals surface area contributed by atoms with Gasteiger partial charge in [-0.3, -0.25) is 14.5 Å². The first-order valence-corrected chi connectivity index (χ1v) is 9.91. The number of amides is 1. The van der Waals surface area contributed by atoms with Gasteiger partial charge in [0.2, 0.25) is 0 Å². The molecule has 0 aliphatic heterocycles. The number of ketones is 1. The van der Waals surface area contributed by atoms with Crippen LogP contribution in [-0.2, 0) is 0 Å². The fourth-order valence-corrected chi connectivity index (χ4v) is 2.48. The van der Waals surface area contributed by atoms with E-state index < -0.39 is 5.91 Å². The van der Waals surface area contributed by atoms with Crippen LogP contribution in [0.15, 0.2) is 0 Å². The molecule has 0 unspecified atom stereocenters. The minimum Gasteiger partial charge on any atom is -0.368 e. The van der Waals surface area contributed by atoms with E-state index in [0.717, 1.165) is 0 Å². The molecule has 1 heterocycles. The second-order valence-electron chi connectivity index (χ2n) is 6.31. The van der Waals surface area contributed by atoms with E-state index in [0.29, 0.717) is 19.6 Å². The second-order valence-corrected chi connectivity index (χ2v) is 6.31. The van der Waals surface area contributed by atoms with Crippen molar-refractivity contribution in [2.75, 3.05) is 63.1 Å². The third-order valence-electron chi connectivity index (χ3n) is 4.21. The van der Waals surface area contributed by atoms with E-state index in [1.54, 1.807) is 9.80 Å². The molecule has 0 aliphatic rings. The summed E-state index contributed by atoms with van der Waals surface area (Å²) in [5, 5.41) is 8.72. The van der Waals surface area contributed by atoms with E-state index in [-0.39, 0.29) is 68.1 Å². The number of carbonyl (C=O) groups is 2. The molecule has 3 N–H and O–H groups in total. The van der Waals surface area contributed by atoms with Crippen molar-refractivity contribution in [1.29, 1.82) is 0 Å². The molecule has 1 rings (SSSR count). The largest absolute Gasteiger partial charge is 0.368 e. The molecule has 0 bridgehead atoms. The van der Waals surface area contributed by atoms with Crippen LogP contribution in [0.3, 0.4) is 0 Å². The lowest BCUT2D eigenvalue weighted by Gasteiger charge is -2.20. The summed E-state index contributed by atoms with van der Waals surface area (Å²) in [4.78, 5) is 37.6. The maximum absolute atomic E-state index is 12.8. The summed E-state index contributed by atoms with van der Waals surface area (Å²) in [5.74, 6) is -0.216. The lowest BCUT2D eigenvalue weighted by atomic mass is 10.2. The summed E-state index contributed by atoms with van der Waals surface area (Å²) < 4.78 is 0. The van der Waals surface area contributed by atoms with Gasteiger partial charge in [-0.1, -0.05) is 0 Å². The summed E-state index contributed by atoms with van der Waals surface area (Å²) >= 11 is 0. The standard InChI is InChI=1S/C21H31N7O2/c1-7-22-19-17(16(29)13-14-27(9-3)10-4)25-20(23-8-2)18(26-19)21(30)24-15-28(11-5)12-6/h3-6H,7-15H2,1-2H3,(H,22,26)(H,23,25)(H,24,30). The maximum atomic E-state index is 12.8. The van der Waals surface area contributed by atoms with Gasteiger partial charge < -0.3 is 20.9 Å². The quantitative estimate of drug-likeness (QED) is 0.290. The van der Waals surface area contributed by atoms with Crippen LogP contribution in [0.5, 0.6) is 0 Å². The zero-order valence-electron chi connectivity index (χ0n) is 17.8. The number of aromatic nitrogens is 2. The van der Waals surface area contributed by atoms with E-state index in [9.17, 15) is 9.59 Å². The van der Waals surface area contributed by atoms with Gasteiger partial charge in [0.1, 0.15) is 0 Å². The molecule has 1 amide bonds. The summed E-state index contributed by atoms with van der Waals surface area (Å²) in [6, 6.07) is 0. The molecular weight excluding hydrogens is 382 g/mol. The van der Waals surface area contributed by atoms with Crippen LogP contribution in [-0.4, -0.2) is 83.9 Å². The number of nitrogens with one attached hydrogen (secondary N) is 3. The van der Waals surface area contributed by atoms with Gasteiger partial charge in [0.25, 0.3) is 5.91 Å². The first kappa shape index (κ1) is 25.8. The molecule has 0 fully saturated rings. The van der Waals surface area contributed by atoms with Crippen molar-refractivity contribution in [2.24, 2.45) is 0 Å². The Labute approximate surface area is 181 Å². The summed E-state index contributed by atoms with van der Waals surface area (Å²) in [6.07, 6.45) is 0.167. The van der Waals surface area contributed by atoms with Gasteiger partial charge in [0.15, 0.2) is 28.8 Å². The first-order valence-electron chi connectivity index (χ1n) is 9.91. The molecule has 0 saturated heterocycles. The fourth-order valence-electron chi connectivity index (χ4n) is 2.48. The fraction of sp³-hybridized carbons (Fsp3) is 0.524. The SMILES string of the molecule is [CH]CN(C[CH])CCC(=O)c1nc(NCC)c(C(=O)NCN(C[CH])C[CH])nc1NCC. The molecule has 0 aromatic carbocycles. The van der Waals surface area contributed by atoms with Gasteiger partial charge in [-0.2, -0.15) is 0 Å². The van der Waals surface area contributed by atoms with Gasteiger partial charge >= 0.3 is 0 Å². The van der Waals surface area contributed by atoms with Crippen molar-refractivity contribution in [3.8, 4) is 0 Å². The Bertz CT molecular complexity index is 616.